The normalized spacial score (nSPS) is 18.1. The Balaban J connectivity index is 1.95. The zero-order valence-corrected chi connectivity index (χ0v) is 12.8. The van der Waals surface area contributed by atoms with Crippen molar-refractivity contribution in [2.45, 2.75) is 19.8 Å². The number of nitrogens with one attached hydrogen (secondary N) is 1. The highest BCUT2D eigenvalue weighted by atomic mass is 16.4. The summed E-state index contributed by atoms with van der Waals surface area (Å²) in [5.41, 5.74) is 1.37. The lowest BCUT2D eigenvalue weighted by Gasteiger charge is -2.32. The van der Waals surface area contributed by atoms with Crippen LogP contribution in [0.5, 0.6) is 0 Å². The Bertz CT molecular complexity index is 581. The molecule has 1 saturated heterocycles. The quantitative estimate of drug-likeness (QED) is 0.857. The van der Waals surface area contributed by atoms with Crippen LogP contribution in [0.3, 0.4) is 0 Å². The number of H-pyrrole nitrogens is 1. The van der Waals surface area contributed by atoms with Crippen LogP contribution in [0.15, 0.2) is 12.4 Å². The first-order valence-corrected chi connectivity index (χ1v) is 7.29. The Kier molecular flexibility index (Phi) is 4.85. The lowest BCUT2D eigenvalue weighted by molar-refractivity contribution is -0.145. The fourth-order valence-corrected chi connectivity index (χ4v) is 2.66. The van der Waals surface area contributed by atoms with Gasteiger partial charge in [-0.2, -0.15) is 0 Å². The average Bonchev–Trinajstić information content (AvgIpc) is 2.92. The molecule has 2 N–H and O–H groups in total. The number of nitrogens with zero attached hydrogens (tertiary/aromatic N) is 2. The number of rotatable bonds is 4. The number of carboxylic acid groups (broad SMARTS) is 1. The fourth-order valence-electron chi connectivity index (χ4n) is 2.66. The molecule has 0 aliphatic carbocycles. The summed E-state index contributed by atoms with van der Waals surface area (Å²) in [7, 11) is 1.57. The number of carbonyl (C=O) groups is 3. The Labute approximate surface area is 128 Å². The van der Waals surface area contributed by atoms with Crippen LogP contribution in [-0.4, -0.2) is 64.4 Å². The molecule has 7 heteroatoms. The Morgan fingerprint density at radius 3 is 2.73 bits per heavy atom. The molecule has 0 bridgehead atoms. The summed E-state index contributed by atoms with van der Waals surface area (Å²) in [6.45, 7) is 2.55. The third-order valence-electron chi connectivity index (χ3n) is 4.03. The first kappa shape index (κ1) is 16.1. The molecular formula is C15H21N3O4. The molecule has 0 radical (unpaired) electrons. The first-order valence-electron chi connectivity index (χ1n) is 7.29. The van der Waals surface area contributed by atoms with E-state index in [1.165, 1.54) is 9.80 Å². The number of hydrogen-bond acceptors (Lipinski definition) is 3. The molecule has 2 amide bonds. The number of hydrogen-bond donors (Lipinski definition) is 2. The van der Waals surface area contributed by atoms with Gasteiger partial charge < -0.3 is 19.9 Å². The van der Waals surface area contributed by atoms with Gasteiger partial charge in [0.15, 0.2) is 0 Å². The third kappa shape index (κ3) is 3.47. The molecule has 0 spiro atoms. The molecule has 1 unspecified atom stereocenters. The second kappa shape index (κ2) is 6.64. The van der Waals surface area contributed by atoms with E-state index in [9.17, 15) is 14.4 Å². The highest BCUT2D eigenvalue weighted by Crippen LogP contribution is 2.17. The van der Waals surface area contributed by atoms with Crippen LogP contribution in [0.2, 0.25) is 0 Å². The predicted molar refractivity (Wildman–Crippen MR) is 79.4 cm³/mol. The van der Waals surface area contributed by atoms with E-state index < -0.39 is 11.9 Å². The van der Waals surface area contributed by atoms with Crippen LogP contribution in [0.1, 0.15) is 28.8 Å². The highest BCUT2D eigenvalue weighted by Gasteiger charge is 2.29. The van der Waals surface area contributed by atoms with Crippen molar-refractivity contribution in [3.05, 3.63) is 23.5 Å². The molecule has 1 aromatic heterocycles. The molecule has 0 aromatic carbocycles. The number of aryl methyl sites for hydroxylation is 1. The SMILES string of the molecule is Cc1c[nH]cc1C(=O)N(C)CC(=O)N1CCCC(C(=O)O)C1. The molecule has 120 valence electrons. The lowest BCUT2D eigenvalue weighted by Crippen LogP contribution is -2.46. The van der Waals surface area contributed by atoms with Gasteiger partial charge in [0.25, 0.3) is 5.91 Å². The number of aromatic nitrogens is 1. The first-order chi connectivity index (χ1) is 10.4. The van der Waals surface area contributed by atoms with E-state index in [2.05, 4.69) is 4.98 Å². The summed E-state index contributed by atoms with van der Waals surface area (Å²) < 4.78 is 0. The third-order valence-corrected chi connectivity index (χ3v) is 4.03. The van der Waals surface area contributed by atoms with Crippen molar-refractivity contribution in [1.82, 2.24) is 14.8 Å². The van der Waals surface area contributed by atoms with Crippen molar-refractivity contribution in [2.24, 2.45) is 5.92 Å². The minimum atomic E-state index is -0.870. The monoisotopic (exact) mass is 307 g/mol. The predicted octanol–water partition coefficient (Wildman–Crippen LogP) is 0.718. The Morgan fingerprint density at radius 1 is 1.41 bits per heavy atom. The maximum Gasteiger partial charge on any atom is 0.308 e. The van der Waals surface area contributed by atoms with E-state index in [1.807, 2.05) is 6.92 Å². The largest absolute Gasteiger partial charge is 0.481 e. The van der Waals surface area contributed by atoms with E-state index in [4.69, 9.17) is 5.11 Å². The maximum absolute atomic E-state index is 12.3. The molecular weight excluding hydrogens is 286 g/mol. The smallest absolute Gasteiger partial charge is 0.308 e. The standard InChI is InChI=1S/C15H21N3O4/c1-10-6-16-7-12(10)14(20)17(2)9-13(19)18-5-3-4-11(8-18)15(21)22/h6-7,11,16H,3-5,8-9H2,1-2H3,(H,21,22). The molecule has 0 saturated carbocycles. The number of piperidine rings is 1. The summed E-state index contributed by atoms with van der Waals surface area (Å²) >= 11 is 0. The van der Waals surface area contributed by atoms with Gasteiger partial charge in [-0.05, 0) is 25.3 Å². The van der Waals surface area contributed by atoms with Crippen molar-refractivity contribution in [2.75, 3.05) is 26.7 Å². The van der Waals surface area contributed by atoms with E-state index in [0.717, 1.165) is 5.56 Å². The number of aromatic amines is 1. The number of likely N-dealkylation sites (N-methyl/N-ethyl adjacent to an activating group) is 1. The highest BCUT2D eigenvalue weighted by molar-refractivity contribution is 5.97. The number of amides is 2. The molecule has 1 aromatic rings. The van der Waals surface area contributed by atoms with Crippen LogP contribution in [0.25, 0.3) is 0 Å². The molecule has 1 aliphatic rings. The topological polar surface area (TPSA) is 93.7 Å². The summed E-state index contributed by atoms with van der Waals surface area (Å²) in [5, 5.41) is 9.06. The van der Waals surface area contributed by atoms with Crippen molar-refractivity contribution < 1.29 is 19.5 Å². The number of aliphatic carboxylic acids is 1. The maximum atomic E-state index is 12.3. The number of carbonyl (C=O) groups excluding carboxylic acids is 2. The summed E-state index contributed by atoms with van der Waals surface area (Å²) in [6.07, 6.45) is 4.61. The second-order valence-electron chi connectivity index (χ2n) is 5.73. The van der Waals surface area contributed by atoms with E-state index in [-0.39, 0.29) is 24.9 Å². The van der Waals surface area contributed by atoms with Crippen LogP contribution in [0, 0.1) is 12.8 Å². The summed E-state index contributed by atoms with van der Waals surface area (Å²) in [5.74, 6) is -1.82. The zero-order valence-electron chi connectivity index (χ0n) is 12.8. The minimum absolute atomic E-state index is 0.0458. The summed E-state index contributed by atoms with van der Waals surface area (Å²) in [6, 6.07) is 0. The van der Waals surface area contributed by atoms with Crippen LogP contribution in [0.4, 0.5) is 0 Å². The Morgan fingerprint density at radius 2 is 2.14 bits per heavy atom. The van der Waals surface area contributed by atoms with Crippen molar-refractivity contribution in [3.63, 3.8) is 0 Å². The van der Waals surface area contributed by atoms with E-state index >= 15 is 0 Å². The minimum Gasteiger partial charge on any atom is -0.481 e. The second-order valence-corrected chi connectivity index (χ2v) is 5.73. The van der Waals surface area contributed by atoms with Crippen LogP contribution < -0.4 is 0 Å². The van der Waals surface area contributed by atoms with Crippen LogP contribution in [-0.2, 0) is 9.59 Å². The van der Waals surface area contributed by atoms with Gasteiger partial charge in [-0.1, -0.05) is 0 Å². The van der Waals surface area contributed by atoms with Gasteiger partial charge in [0, 0.05) is 32.5 Å². The average molecular weight is 307 g/mol. The number of carboxylic acids is 1. The van der Waals surface area contributed by atoms with Gasteiger partial charge in [0.1, 0.15) is 0 Å². The molecule has 2 rings (SSSR count). The lowest BCUT2D eigenvalue weighted by atomic mass is 9.98. The van der Waals surface area contributed by atoms with Gasteiger partial charge >= 0.3 is 5.97 Å². The van der Waals surface area contributed by atoms with Gasteiger partial charge in [-0.25, -0.2) is 0 Å². The molecule has 1 fully saturated rings. The van der Waals surface area contributed by atoms with E-state index in [0.29, 0.717) is 24.9 Å². The zero-order chi connectivity index (χ0) is 16.3. The fraction of sp³-hybridized carbons (Fsp3) is 0.533. The van der Waals surface area contributed by atoms with Crippen molar-refractivity contribution in [3.8, 4) is 0 Å². The summed E-state index contributed by atoms with van der Waals surface area (Å²) in [4.78, 5) is 41.3. The number of likely N-dealkylation sites (tertiary alicyclic amines) is 1. The van der Waals surface area contributed by atoms with Gasteiger partial charge in [0.05, 0.1) is 18.0 Å². The van der Waals surface area contributed by atoms with E-state index in [1.54, 1.807) is 19.4 Å². The van der Waals surface area contributed by atoms with Crippen molar-refractivity contribution >= 4 is 17.8 Å². The molecule has 7 nitrogen and oxygen atoms in total. The van der Waals surface area contributed by atoms with Crippen LogP contribution >= 0.6 is 0 Å². The van der Waals surface area contributed by atoms with Gasteiger partial charge in [0.2, 0.25) is 5.91 Å². The Hall–Kier alpha value is -2.31. The molecule has 1 atom stereocenters. The molecule has 2 heterocycles. The van der Waals surface area contributed by atoms with Crippen molar-refractivity contribution in [1.29, 1.82) is 0 Å². The molecule has 1 aliphatic heterocycles. The van der Waals surface area contributed by atoms with Gasteiger partial charge in [-0.15, -0.1) is 0 Å². The molecule has 22 heavy (non-hydrogen) atoms. The van der Waals surface area contributed by atoms with Gasteiger partial charge in [-0.3, -0.25) is 14.4 Å².